The second-order valence-corrected chi connectivity index (χ2v) is 2.05. The van der Waals surface area contributed by atoms with Crippen LogP contribution in [0, 0.1) is 5.92 Å². The summed E-state index contributed by atoms with van der Waals surface area (Å²) < 4.78 is 0. The zero-order chi connectivity index (χ0) is 6.41. The molecule has 0 aromatic carbocycles. The zero-order valence-corrected chi connectivity index (χ0v) is 6.65. The maximum Gasteiger partial charge on any atom is -0.0322 e. The third-order valence-electron chi connectivity index (χ3n) is 1.24. The first-order valence-electron chi connectivity index (χ1n) is 3.54. The van der Waals surface area contributed by atoms with Gasteiger partial charge in [0.15, 0.2) is 0 Å². The topological polar surface area (TPSA) is 31.5 Å². The highest BCUT2D eigenvalue weighted by Gasteiger charge is 1.99. The predicted octanol–water partition coefficient (Wildman–Crippen LogP) is 2.17. The largest absolute Gasteiger partial charge is 0.412 e. The van der Waals surface area contributed by atoms with Crippen molar-refractivity contribution in [3.05, 3.63) is 12.2 Å². The first-order valence-corrected chi connectivity index (χ1v) is 3.54. The molecule has 0 amide bonds. The van der Waals surface area contributed by atoms with Gasteiger partial charge in [0.2, 0.25) is 0 Å². The third-order valence-corrected chi connectivity index (χ3v) is 1.24. The van der Waals surface area contributed by atoms with E-state index in [0.29, 0.717) is 0 Å². The fraction of sp³-hybridized carbons (Fsp3) is 0.750. The standard InChI is InChI=1S/C6H10.C2H6.H2O/c1-6-4-2-3-5-6;1-2;/h2-3,6H,4-5H2,1H3;1-2H3;1H2. The maximum absolute atomic E-state index is 2.28. The van der Waals surface area contributed by atoms with E-state index in [1.54, 1.807) is 0 Å². The molecule has 0 saturated heterocycles. The molecular formula is C8H18O. The Bertz CT molecular complexity index is 59.0. The first-order chi connectivity index (χ1) is 3.89. The molecule has 0 spiro atoms. The van der Waals surface area contributed by atoms with E-state index in [-0.39, 0.29) is 5.48 Å². The molecule has 56 valence electrons. The molecule has 1 aliphatic carbocycles. The molecule has 0 atom stereocenters. The minimum Gasteiger partial charge on any atom is -0.412 e. The highest BCUT2D eigenvalue weighted by molar-refractivity contribution is 4.92. The smallest absolute Gasteiger partial charge is 0.0322 e. The van der Waals surface area contributed by atoms with Gasteiger partial charge in [0, 0.05) is 0 Å². The van der Waals surface area contributed by atoms with Crippen molar-refractivity contribution in [3.63, 3.8) is 0 Å². The maximum atomic E-state index is 2.28. The SMILES string of the molecule is CC.CC1CC=CC1.O. The van der Waals surface area contributed by atoms with Crippen LogP contribution in [0.2, 0.25) is 0 Å². The van der Waals surface area contributed by atoms with Gasteiger partial charge in [-0.2, -0.15) is 0 Å². The van der Waals surface area contributed by atoms with Crippen LogP contribution in [-0.4, -0.2) is 5.48 Å². The second kappa shape index (κ2) is 7.70. The van der Waals surface area contributed by atoms with Crippen molar-refractivity contribution in [2.45, 2.75) is 33.6 Å². The molecule has 0 aliphatic heterocycles. The summed E-state index contributed by atoms with van der Waals surface area (Å²) in [6, 6.07) is 0. The highest BCUT2D eigenvalue weighted by Crippen LogP contribution is 2.15. The molecule has 0 aromatic rings. The number of hydrogen-bond donors (Lipinski definition) is 0. The van der Waals surface area contributed by atoms with Gasteiger partial charge in [-0.15, -0.1) is 0 Å². The lowest BCUT2D eigenvalue weighted by Gasteiger charge is -1.92. The van der Waals surface area contributed by atoms with Crippen molar-refractivity contribution in [2.75, 3.05) is 0 Å². The molecule has 1 rings (SSSR count). The fourth-order valence-corrected chi connectivity index (χ4v) is 0.753. The van der Waals surface area contributed by atoms with Crippen LogP contribution in [0.25, 0.3) is 0 Å². The van der Waals surface area contributed by atoms with Crippen LogP contribution < -0.4 is 0 Å². The van der Waals surface area contributed by atoms with E-state index in [1.165, 1.54) is 12.8 Å². The molecule has 0 unspecified atom stereocenters. The Balaban J connectivity index is 0. The Morgan fingerprint density at radius 2 is 1.44 bits per heavy atom. The fourth-order valence-electron chi connectivity index (χ4n) is 0.753. The average molecular weight is 130 g/mol. The molecule has 1 nitrogen and oxygen atoms in total. The summed E-state index contributed by atoms with van der Waals surface area (Å²) >= 11 is 0. The second-order valence-electron chi connectivity index (χ2n) is 2.05. The van der Waals surface area contributed by atoms with E-state index in [4.69, 9.17) is 0 Å². The number of allylic oxidation sites excluding steroid dienone is 2. The molecule has 0 bridgehead atoms. The molecule has 0 saturated carbocycles. The third kappa shape index (κ3) is 5.57. The van der Waals surface area contributed by atoms with Crippen LogP contribution in [-0.2, 0) is 0 Å². The summed E-state index contributed by atoms with van der Waals surface area (Å²) in [7, 11) is 0. The highest BCUT2D eigenvalue weighted by atomic mass is 16.0. The Kier molecular flexibility index (Phi) is 9.83. The van der Waals surface area contributed by atoms with Gasteiger partial charge < -0.3 is 5.48 Å². The van der Waals surface area contributed by atoms with Crippen LogP contribution in [0.15, 0.2) is 12.2 Å². The molecule has 0 heterocycles. The van der Waals surface area contributed by atoms with Crippen molar-refractivity contribution in [1.82, 2.24) is 0 Å². The number of hydrogen-bond acceptors (Lipinski definition) is 0. The predicted molar refractivity (Wildman–Crippen MR) is 42.5 cm³/mol. The van der Waals surface area contributed by atoms with Crippen molar-refractivity contribution in [3.8, 4) is 0 Å². The average Bonchev–Trinajstić information content (AvgIpc) is 2.24. The lowest BCUT2D eigenvalue weighted by atomic mass is 10.1. The summed E-state index contributed by atoms with van der Waals surface area (Å²) in [5.74, 6) is 0.935. The summed E-state index contributed by atoms with van der Waals surface area (Å²) in [5.41, 5.74) is 0. The lowest BCUT2D eigenvalue weighted by molar-refractivity contribution is 0.638. The van der Waals surface area contributed by atoms with E-state index < -0.39 is 0 Å². The minimum atomic E-state index is 0. The van der Waals surface area contributed by atoms with E-state index in [2.05, 4.69) is 19.1 Å². The van der Waals surface area contributed by atoms with E-state index in [9.17, 15) is 0 Å². The van der Waals surface area contributed by atoms with Gasteiger partial charge >= 0.3 is 0 Å². The van der Waals surface area contributed by atoms with Gasteiger partial charge in [-0.25, -0.2) is 0 Å². The van der Waals surface area contributed by atoms with Gasteiger partial charge in [-0.05, 0) is 18.8 Å². The monoisotopic (exact) mass is 130 g/mol. The normalized spacial score (nSPS) is 15.9. The Morgan fingerprint density at radius 1 is 1.11 bits per heavy atom. The molecule has 0 radical (unpaired) electrons. The minimum absolute atomic E-state index is 0. The van der Waals surface area contributed by atoms with Crippen LogP contribution in [0.1, 0.15) is 33.6 Å². The van der Waals surface area contributed by atoms with E-state index >= 15 is 0 Å². The van der Waals surface area contributed by atoms with Gasteiger partial charge in [-0.1, -0.05) is 32.9 Å². The van der Waals surface area contributed by atoms with Gasteiger partial charge in [0.05, 0.1) is 0 Å². The summed E-state index contributed by atoms with van der Waals surface area (Å²) in [5, 5.41) is 0. The number of rotatable bonds is 0. The summed E-state index contributed by atoms with van der Waals surface area (Å²) in [6.07, 6.45) is 7.12. The van der Waals surface area contributed by atoms with Crippen molar-refractivity contribution in [2.24, 2.45) is 5.92 Å². The molecule has 0 aromatic heterocycles. The Labute approximate surface area is 58.1 Å². The lowest BCUT2D eigenvalue weighted by Crippen LogP contribution is -1.79. The molecule has 9 heavy (non-hydrogen) atoms. The van der Waals surface area contributed by atoms with Gasteiger partial charge in [0.25, 0.3) is 0 Å². The Hall–Kier alpha value is -0.300. The van der Waals surface area contributed by atoms with Crippen LogP contribution >= 0.6 is 0 Å². The molecule has 1 heteroatoms. The van der Waals surface area contributed by atoms with Crippen molar-refractivity contribution >= 4 is 0 Å². The molecule has 0 fully saturated rings. The summed E-state index contributed by atoms with van der Waals surface area (Å²) in [6.45, 7) is 6.28. The van der Waals surface area contributed by atoms with Crippen LogP contribution in [0.4, 0.5) is 0 Å². The molecular weight excluding hydrogens is 112 g/mol. The Morgan fingerprint density at radius 3 is 1.56 bits per heavy atom. The first kappa shape index (κ1) is 11.5. The van der Waals surface area contributed by atoms with Gasteiger partial charge in [0.1, 0.15) is 0 Å². The van der Waals surface area contributed by atoms with E-state index in [0.717, 1.165) is 5.92 Å². The molecule has 2 N–H and O–H groups in total. The van der Waals surface area contributed by atoms with Crippen molar-refractivity contribution in [1.29, 1.82) is 0 Å². The van der Waals surface area contributed by atoms with Crippen LogP contribution in [0.5, 0.6) is 0 Å². The summed E-state index contributed by atoms with van der Waals surface area (Å²) in [4.78, 5) is 0. The quantitative estimate of drug-likeness (QED) is 0.450. The van der Waals surface area contributed by atoms with Gasteiger partial charge in [-0.3, -0.25) is 0 Å². The van der Waals surface area contributed by atoms with Crippen molar-refractivity contribution < 1.29 is 5.48 Å². The van der Waals surface area contributed by atoms with E-state index in [1.807, 2.05) is 13.8 Å². The van der Waals surface area contributed by atoms with Crippen LogP contribution in [0.3, 0.4) is 0 Å². The zero-order valence-electron chi connectivity index (χ0n) is 6.65. The molecule has 1 aliphatic rings.